The van der Waals surface area contributed by atoms with Gasteiger partial charge < -0.3 is 0 Å². The van der Waals surface area contributed by atoms with E-state index < -0.39 is 0 Å². The molecule has 0 radical (unpaired) electrons. The lowest BCUT2D eigenvalue weighted by molar-refractivity contribution is 0.173. The zero-order valence-corrected chi connectivity index (χ0v) is 9.71. The summed E-state index contributed by atoms with van der Waals surface area (Å²) >= 11 is 0. The van der Waals surface area contributed by atoms with Crippen molar-refractivity contribution in [3.05, 3.63) is 0 Å². The molecular formula is C12H24N2. The SMILES string of the molecule is CCN1CCCC1CN1CCCC1C. The van der Waals surface area contributed by atoms with Crippen molar-refractivity contribution in [2.75, 3.05) is 26.2 Å². The van der Waals surface area contributed by atoms with E-state index >= 15 is 0 Å². The fourth-order valence-electron chi connectivity index (χ4n) is 3.05. The maximum absolute atomic E-state index is 2.69. The summed E-state index contributed by atoms with van der Waals surface area (Å²) in [6.45, 7) is 9.93. The van der Waals surface area contributed by atoms with Gasteiger partial charge in [0.2, 0.25) is 0 Å². The third-order valence-corrected chi connectivity index (χ3v) is 4.04. The maximum Gasteiger partial charge on any atom is 0.0223 e. The first kappa shape index (κ1) is 10.4. The lowest BCUT2D eigenvalue weighted by Crippen LogP contribution is -2.41. The summed E-state index contributed by atoms with van der Waals surface area (Å²) in [6, 6.07) is 1.70. The first-order valence-electron chi connectivity index (χ1n) is 6.29. The lowest BCUT2D eigenvalue weighted by atomic mass is 10.2. The van der Waals surface area contributed by atoms with Gasteiger partial charge in [-0.15, -0.1) is 0 Å². The standard InChI is InChI=1S/C12H24N2/c1-3-13-8-5-7-12(13)10-14-9-4-6-11(14)2/h11-12H,3-10H2,1-2H3. The Balaban J connectivity index is 1.83. The molecular weight excluding hydrogens is 172 g/mol. The first-order valence-corrected chi connectivity index (χ1v) is 6.29. The van der Waals surface area contributed by atoms with Crippen molar-refractivity contribution in [2.45, 2.75) is 51.6 Å². The highest BCUT2D eigenvalue weighted by Crippen LogP contribution is 2.22. The molecule has 2 heterocycles. The molecule has 2 unspecified atom stereocenters. The third-order valence-electron chi connectivity index (χ3n) is 4.04. The molecule has 82 valence electrons. The van der Waals surface area contributed by atoms with Crippen LogP contribution in [0, 0.1) is 0 Å². The number of hydrogen-bond donors (Lipinski definition) is 0. The fraction of sp³-hybridized carbons (Fsp3) is 1.00. The summed E-state index contributed by atoms with van der Waals surface area (Å²) < 4.78 is 0. The second kappa shape index (κ2) is 4.63. The quantitative estimate of drug-likeness (QED) is 0.681. The average Bonchev–Trinajstić information content (AvgIpc) is 2.77. The summed E-state index contributed by atoms with van der Waals surface area (Å²) in [6.07, 6.45) is 5.68. The van der Waals surface area contributed by atoms with E-state index in [4.69, 9.17) is 0 Å². The molecule has 0 aromatic heterocycles. The molecule has 2 fully saturated rings. The monoisotopic (exact) mass is 196 g/mol. The van der Waals surface area contributed by atoms with Gasteiger partial charge in [0.05, 0.1) is 0 Å². The van der Waals surface area contributed by atoms with Gasteiger partial charge in [0.25, 0.3) is 0 Å². The second-order valence-corrected chi connectivity index (χ2v) is 4.91. The van der Waals surface area contributed by atoms with Gasteiger partial charge in [0, 0.05) is 18.6 Å². The van der Waals surface area contributed by atoms with Crippen molar-refractivity contribution in [2.24, 2.45) is 0 Å². The minimum Gasteiger partial charge on any atom is -0.299 e. The van der Waals surface area contributed by atoms with Crippen LogP contribution in [0.5, 0.6) is 0 Å². The van der Waals surface area contributed by atoms with Crippen molar-refractivity contribution < 1.29 is 0 Å². The zero-order valence-electron chi connectivity index (χ0n) is 9.71. The van der Waals surface area contributed by atoms with E-state index in [0.29, 0.717) is 0 Å². The predicted octanol–water partition coefficient (Wildman–Crippen LogP) is 1.96. The van der Waals surface area contributed by atoms with E-state index in [1.54, 1.807) is 0 Å². The van der Waals surface area contributed by atoms with Crippen LogP contribution in [0.25, 0.3) is 0 Å². The van der Waals surface area contributed by atoms with Gasteiger partial charge in [-0.25, -0.2) is 0 Å². The van der Waals surface area contributed by atoms with Crippen LogP contribution in [0.4, 0.5) is 0 Å². The van der Waals surface area contributed by atoms with Crippen LogP contribution in [-0.4, -0.2) is 48.1 Å². The molecule has 2 saturated heterocycles. The Hall–Kier alpha value is -0.0800. The van der Waals surface area contributed by atoms with Gasteiger partial charge in [-0.1, -0.05) is 6.92 Å². The van der Waals surface area contributed by atoms with E-state index in [1.807, 2.05) is 0 Å². The van der Waals surface area contributed by atoms with Crippen LogP contribution in [0.3, 0.4) is 0 Å². The molecule has 2 rings (SSSR count). The Kier molecular flexibility index (Phi) is 3.45. The number of rotatable bonds is 3. The van der Waals surface area contributed by atoms with Gasteiger partial charge in [-0.3, -0.25) is 9.80 Å². The van der Waals surface area contributed by atoms with Crippen LogP contribution in [0.1, 0.15) is 39.5 Å². The fourth-order valence-corrected chi connectivity index (χ4v) is 3.05. The number of likely N-dealkylation sites (tertiary alicyclic amines) is 2. The lowest BCUT2D eigenvalue weighted by Gasteiger charge is -2.29. The second-order valence-electron chi connectivity index (χ2n) is 4.91. The van der Waals surface area contributed by atoms with Crippen molar-refractivity contribution in [3.8, 4) is 0 Å². The summed E-state index contributed by atoms with van der Waals surface area (Å²) in [5.74, 6) is 0. The summed E-state index contributed by atoms with van der Waals surface area (Å²) in [4.78, 5) is 5.35. The highest BCUT2D eigenvalue weighted by molar-refractivity contribution is 4.85. The molecule has 14 heavy (non-hydrogen) atoms. The van der Waals surface area contributed by atoms with Crippen LogP contribution < -0.4 is 0 Å². The van der Waals surface area contributed by atoms with Crippen LogP contribution in [0.15, 0.2) is 0 Å². The molecule has 2 aliphatic rings. The molecule has 2 atom stereocenters. The third kappa shape index (κ3) is 2.12. The predicted molar refractivity (Wildman–Crippen MR) is 60.5 cm³/mol. The van der Waals surface area contributed by atoms with Crippen LogP contribution >= 0.6 is 0 Å². The van der Waals surface area contributed by atoms with E-state index in [1.165, 1.54) is 51.9 Å². The van der Waals surface area contributed by atoms with E-state index in [2.05, 4.69) is 23.6 Å². The zero-order chi connectivity index (χ0) is 9.97. The number of likely N-dealkylation sites (N-methyl/N-ethyl adjacent to an activating group) is 1. The van der Waals surface area contributed by atoms with Gasteiger partial charge in [-0.2, -0.15) is 0 Å². The molecule has 2 nitrogen and oxygen atoms in total. The molecule has 2 aliphatic heterocycles. The molecule has 2 heteroatoms. The van der Waals surface area contributed by atoms with Gasteiger partial charge in [0.15, 0.2) is 0 Å². The topological polar surface area (TPSA) is 6.48 Å². The Bertz CT molecular complexity index is 181. The van der Waals surface area contributed by atoms with Crippen molar-refractivity contribution >= 4 is 0 Å². The van der Waals surface area contributed by atoms with Gasteiger partial charge in [-0.05, 0) is 52.2 Å². The largest absolute Gasteiger partial charge is 0.299 e. The minimum absolute atomic E-state index is 0.842. The number of hydrogen-bond acceptors (Lipinski definition) is 2. The maximum atomic E-state index is 2.69. The van der Waals surface area contributed by atoms with E-state index in [9.17, 15) is 0 Å². The molecule has 0 spiro atoms. The molecule has 0 N–H and O–H groups in total. The molecule has 0 amide bonds. The molecule has 0 aromatic carbocycles. The van der Waals surface area contributed by atoms with Gasteiger partial charge >= 0.3 is 0 Å². The van der Waals surface area contributed by atoms with Crippen molar-refractivity contribution in [3.63, 3.8) is 0 Å². The molecule has 0 aliphatic carbocycles. The molecule has 0 bridgehead atoms. The number of nitrogens with zero attached hydrogens (tertiary/aromatic N) is 2. The van der Waals surface area contributed by atoms with Crippen molar-refractivity contribution in [1.82, 2.24) is 9.80 Å². The Morgan fingerprint density at radius 2 is 1.79 bits per heavy atom. The van der Waals surface area contributed by atoms with Crippen molar-refractivity contribution in [1.29, 1.82) is 0 Å². The summed E-state index contributed by atoms with van der Waals surface area (Å²) in [7, 11) is 0. The highest BCUT2D eigenvalue weighted by atomic mass is 15.2. The average molecular weight is 196 g/mol. The minimum atomic E-state index is 0.842. The smallest absolute Gasteiger partial charge is 0.0223 e. The Labute approximate surface area is 88.3 Å². The summed E-state index contributed by atoms with van der Waals surface area (Å²) in [5, 5.41) is 0. The molecule has 0 aromatic rings. The first-order chi connectivity index (χ1) is 6.81. The van der Waals surface area contributed by atoms with Gasteiger partial charge in [0.1, 0.15) is 0 Å². The summed E-state index contributed by atoms with van der Waals surface area (Å²) in [5.41, 5.74) is 0. The van der Waals surface area contributed by atoms with Crippen LogP contribution in [-0.2, 0) is 0 Å². The van der Waals surface area contributed by atoms with Crippen LogP contribution in [0.2, 0.25) is 0 Å². The van der Waals surface area contributed by atoms with E-state index in [-0.39, 0.29) is 0 Å². The Morgan fingerprint density at radius 1 is 1.07 bits per heavy atom. The molecule has 0 saturated carbocycles. The van der Waals surface area contributed by atoms with E-state index in [0.717, 1.165) is 12.1 Å². The Morgan fingerprint density at radius 3 is 2.43 bits per heavy atom. The highest BCUT2D eigenvalue weighted by Gasteiger charge is 2.28. The normalized spacial score (nSPS) is 35.6.